The molecule has 0 aliphatic heterocycles. The van der Waals surface area contributed by atoms with Crippen LogP contribution in [0.2, 0.25) is 0 Å². The van der Waals surface area contributed by atoms with Crippen molar-refractivity contribution in [3.05, 3.63) is 76.6 Å². The van der Waals surface area contributed by atoms with E-state index in [0.717, 1.165) is 24.3 Å². The number of phenols is 1. The molecule has 25 heavy (non-hydrogen) atoms. The highest BCUT2D eigenvalue weighted by Crippen LogP contribution is 2.35. The highest BCUT2D eigenvalue weighted by Gasteiger charge is 2.33. The van der Waals surface area contributed by atoms with Gasteiger partial charge in [-0.25, -0.2) is 26.7 Å². The van der Waals surface area contributed by atoms with Crippen LogP contribution in [0.5, 0.6) is 5.75 Å². The van der Waals surface area contributed by atoms with Gasteiger partial charge in [0.25, 0.3) is 0 Å². The fourth-order valence-corrected chi connectivity index (χ4v) is 2.00. The molecule has 0 saturated heterocycles. The lowest BCUT2D eigenvalue weighted by Crippen LogP contribution is -2.18. The minimum atomic E-state index is -2.32. The summed E-state index contributed by atoms with van der Waals surface area (Å²) in [7, 11) is 0. The maximum atomic E-state index is 14.1. The first-order valence-corrected chi connectivity index (χ1v) is 6.81. The van der Waals surface area contributed by atoms with Gasteiger partial charge in [0.1, 0.15) is 5.75 Å². The van der Waals surface area contributed by atoms with Crippen LogP contribution in [0.25, 0.3) is 0 Å². The van der Waals surface area contributed by atoms with E-state index in [1.54, 1.807) is 0 Å². The van der Waals surface area contributed by atoms with Gasteiger partial charge in [0, 0.05) is 5.57 Å². The summed E-state index contributed by atoms with van der Waals surface area (Å²) >= 11 is 0. The molecule has 0 heterocycles. The molecule has 132 valence electrons. The normalized spacial score (nSPS) is 11.9. The Morgan fingerprint density at radius 3 is 1.84 bits per heavy atom. The third-order valence-electron chi connectivity index (χ3n) is 3.28. The topological polar surface area (TPSA) is 46.5 Å². The largest absolute Gasteiger partial charge is 0.508 e. The van der Waals surface area contributed by atoms with E-state index in [4.69, 9.17) is 4.74 Å². The molecule has 2 aromatic rings. The van der Waals surface area contributed by atoms with E-state index in [1.807, 2.05) is 0 Å². The third-order valence-corrected chi connectivity index (χ3v) is 3.28. The molecule has 0 radical (unpaired) electrons. The molecule has 3 nitrogen and oxygen atoms in total. The summed E-state index contributed by atoms with van der Waals surface area (Å²) in [5.74, 6) is -12.2. The Balaban J connectivity index is 2.70. The Kier molecular flexibility index (Phi) is 5.10. The second-order valence-electron chi connectivity index (χ2n) is 5.14. The van der Waals surface area contributed by atoms with Crippen molar-refractivity contribution in [2.75, 3.05) is 0 Å². The van der Waals surface area contributed by atoms with Gasteiger partial charge in [0.15, 0.2) is 29.4 Å². The Bertz CT molecular complexity index is 817. The highest BCUT2D eigenvalue weighted by atomic mass is 19.2. The van der Waals surface area contributed by atoms with Gasteiger partial charge >= 0.3 is 5.97 Å². The highest BCUT2D eigenvalue weighted by molar-refractivity contribution is 5.87. The molecular formula is C17H11F5O3. The number of carbonyl (C=O) groups is 1. The van der Waals surface area contributed by atoms with Crippen LogP contribution in [0, 0.1) is 29.1 Å². The Labute approximate surface area is 139 Å². The number of halogens is 5. The number of ether oxygens (including phenoxy) is 1. The monoisotopic (exact) mass is 358 g/mol. The SMILES string of the molecule is C=C(C)C(=O)OC(c1ccc(O)cc1)c1c(F)c(F)c(F)c(F)c1F. The minimum Gasteiger partial charge on any atom is -0.508 e. The average molecular weight is 358 g/mol. The zero-order valence-electron chi connectivity index (χ0n) is 12.7. The Hall–Kier alpha value is -2.90. The van der Waals surface area contributed by atoms with Crippen molar-refractivity contribution in [1.29, 1.82) is 0 Å². The van der Waals surface area contributed by atoms with Crippen LogP contribution < -0.4 is 0 Å². The van der Waals surface area contributed by atoms with Crippen molar-refractivity contribution < 1.29 is 36.6 Å². The summed E-state index contributed by atoms with van der Waals surface area (Å²) < 4.78 is 73.2. The summed E-state index contributed by atoms with van der Waals surface area (Å²) in [6, 6.07) is 4.43. The van der Waals surface area contributed by atoms with Crippen molar-refractivity contribution in [3.8, 4) is 5.75 Å². The maximum absolute atomic E-state index is 14.1. The van der Waals surface area contributed by atoms with Crippen LogP contribution in [0.1, 0.15) is 24.2 Å². The lowest BCUT2D eigenvalue weighted by atomic mass is 9.99. The molecule has 1 atom stereocenters. The summed E-state index contributed by atoms with van der Waals surface area (Å²) in [4.78, 5) is 11.7. The van der Waals surface area contributed by atoms with Crippen molar-refractivity contribution in [1.82, 2.24) is 0 Å². The lowest BCUT2D eigenvalue weighted by Gasteiger charge is -2.20. The fraction of sp³-hybridized carbons (Fsp3) is 0.118. The van der Waals surface area contributed by atoms with Crippen LogP contribution in [-0.4, -0.2) is 11.1 Å². The molecule has 1 unspecified atom stereocenters. The van der Waals surface area contributed by atoms with Crippen molar-refractivity contribution in [2.24, 2.45) is 0 Å². The molecule has 2 rings (SSSR count). The minimum absolute atomic E-state index is 0.115. The Morgan fingerprint density at radius 2 is 1.40 bits per heavy atom. The van der Waals surface area contributed by atoms with Gasteiger partial charge in [0.05, 0.1) is 5.56 Å². The van der Waals surface area contributed by atoms with E-state index in [-0.39, 0.29) is 16.9 Å². The van der Waals surface area contributed by atoms with Gasteiger partial charge in [-0.3, -0.25) is 0 Å². The number of esters is 1. The molecule has 1 N–H and O–H groups in total. The van der Waals surface area contributed by atoms with Crippen LogP contribution in [0.3, 0.4) is 0 Å². The molecule has 2 aromatic carbocycles. The first-order chi connectivity index (χ1) is 11.6. The van der Waals surface area contributed by atoms with Crippen LogP contribution in [0.15, 0.2) is 36.4 Å². The quantitative estimate of drug-likeness (QED) is 0.292. The lowest BCUT2D eigenvalue weighted by molar-refractivity contribution is -0.142. The van der Waals surface area contributed by atoms with Crippen molar-refractivity contribution in [3.63, 3.8) is 0 Å². The summed E-state index contributed by atoms with van der Waals surface area (Å²) in [6.07, 6.45) is -1.94. The van der Waals surface area contributed by atoms with Crippen molar-refractivity contribution >= 4 is 5.97 Å². The van der Waals surface area contributed by atoms with Crippen molar-refractivity contribution in [2.45, 2.75) is 13.0 Å². The average Bonchev–Trinajstić information content (AvgIpc) is 2.58. The molecule has 0 aliphatic rings. The van der Waals surface area contributed by atoms with E-state index in [0.29, 0.717) is 0 Å². The molecule has 0 fully saturated rings. The van der Waals surface area contributed by atoms with E-state index in [9.17, 15) is 31.9 Å². The van der Waals surface area contributed by atoms with Gasteiger partial charge < -0.3 is 9.84 Å². The molecule has 0 aromatic heterocycles. The number of rotatable bonds is 4. The van der Waals surface area contributed by atoms with E-state index in [2.05, 4.69) is 6.58 Å². The summed E-state index contributed by atoms with van der Waals surface area (Å²) in [5.41, 5.74) is -1.58. The molecule has 0 aliphatic carbocycles. The Morgan fingerprint density at radius 1 is 0.960 bits per heavy atom. The molecular weight excluding hydrogens is 347 g/mol. The van der Waals surface area contributed by atoms with Crippen LogP contribution in [0.4, 0.5) is 22.0 Å². The molecule has 0 saturated carbocycles. The molecule has 0 bridgehead atoms. The number of phenolic OH excluding ortho intramolecular Hbond substituents is 1. The predicted octanol–water partition coefficient (Wildman–Crippen LogP) is 4.30. The second-order valence-corrected chi connectivity index (χ2v) is 5.14. The van der Waals surface area contributed by atoms with E-state index < -0.39 is 46.7 Å². The van der Waals surface area contributed by atoms with Gasteiger partial charge in [-0.05, 0) is 24.6 Å². The standard InChI is InChI=1S/C17H11F5O3/c1-7(2)17(24)25-16(8-3-5-9(23)6-4-8)10-11(18)13(20)15(22)14(21)12(10)19/h3-6,16,23H,1H2,2H3. The van der Waals surface area contributed by atoms with Gasteiger partial charge in [-0.1, -0.05) is 18.7 Å². The molecule has 0 spiro atoms. The number of hydrogen-bond donors (Lipinski definition) is 1. The van der Waals surface area contributed by atoms with Crippen LogP contribution in [-0.2, 0) is 9.53 Å². The maximum Gasteiger partial charge on any atom is 0.334 e. The summed E-state index contributed by atoms with van der Waals surface area (Å²) in [6.45, 7) is 4.54. The van der Waals surface area contributed by atoms with Gasteiger partial charge in [0.2, 0.25) is 5.82 Å². The molecule has 8 heteroatoms. The van der Waals surface area contributed by atoms with E-state index in [1.165, 1.54) is 6.92 Å². The number of aromatic hydroxyl groups is 1. The third kappa shape index (κ3) is 3.47. The number of hydrogen-bond acceptors (Lipinski definition) is 3. The van der Waals surface area contributed by atoms with E-state index >= 15 is 0 Å². The fourth-order valence-electron chi connectivity index (χ4n) is 2.00. The van der Waals surface area contributed by atoms with Gasteiger partial charge in [-0.2, -0.15) is 0 Å². The second kappa shape index (κ2) is 6.92. The predicted molar refractivity (Wildman–Crippen MR) is 77.1 cm³/mol. The summed E-state index contributed by atoms with van der Waals surface area (Å²) in [5, 5.41) is 9.27. The first-order valence-electron chi connectivity index (χ1n) is 6.81. The van der Waals surface area contributed by atoms with Gasteiger partial charge in [-0.15, -0.1) is 0 Å². The molecule has 0 amide bonds. The van der Waals surface area contributed by atoms with Crippen LogP contribution >= 0.6 is 0 Å². The first kappa shape index (κ1) is 18.4. The number of carbonyl (C=O) groups excluding carboxylic acids is 1. The zero-order valence-corrected chi connectivity index (χ0v) is 12.7. The number of benzene rings is 2. The smallest absolute Gasteiger partial charge is 0.334 e. The zero-order chi connectivity index (χ0) is 18.9.